The van der Waals surface area contributed by atoms with Crippen molar-refractivity contribution in [2.45, 2.75) is 32.2 Å². The Bertz CT molecular complexity index is 707. The number of aromatic nitrogens is 1. The smallest absolute Gasteiger partial charge is 0.273 e. The minimum absolute atomic E-state index is 0.207. The Kier molecular flexibility index (Phi) is 5.71. The van der Waals surface area contributed by atoms with Crippen molar-refractivity contribution in [2.75, 3.05) is 26.7 Å². The number of ether oxygens (including phenoxy) is 1. The molecule has 1 fully saturated rings. The number of benzene rings is 1. The van der Waals surface area contributed by atoms with Crippen molar-refractivity contribution in [3.05, 3.63) is 36.0 Å². The van der Waals surface area contributed by atoms with Crippen LogP contribution in [0.25, 0.3) is 11.3 Å². The van der Waals surface area contributed by atoms with Crippen molar-refractivity contribution < 1.29 is 14.1 Å². The lowest BCUT2D eigenvalue weighted by atomic mass is 10.1. The molecule has 6 nitrogen and oxygen atoms in total. The Morgan fingerprint density at radius 2 is 2.12 bits per heavy atom. The van der Waals surface area contributed by atoms with Crippen LogP contribution in [0.2, 0.25) is 0 Å². The van der Waals surface area contributed by atoms with Crippen LogP contribution in [-0.4, -0.2) is 48.7 Å². The number of methoxy groups -OCH3 is 1. The van der Waals surface area contributed by atoms with Crippen LogP contribution in [0.1, 0.15) is 36.7 Å². The van der Waals surface area contributed by atoms with Crippen LogP contribution in [0, 0.1) is 0 Å². The molecule has 0 aliphatic carbocycles. The zero-order chi connectivity index (χ0) is 17.6. The molecule has 0 spiro atoms. The highest BCUT2D eigenvalue weighted by Crippen LogP contribution is 2.24. The molecule has 1 unspecified atom stereocenters. The molecule has 0 radical (unpaired) electrons. The van der Waals surface area contributed by atoms with Gasteiger partial charge in [-0.1, -0.05) is 23.7 Å². The van der Waals surface area contributed by atoms with Gasteiger partial charge in [0.25, 0.3) is 5.91 Å². The van der Waals surface area contributed by atoms with E-state index in [4.69, 9.17) is 9.26 Å². The van der Waals surface area contributed by atoms with Crippen molar-refractivity contribution in [1.29, 1.82) is 0 Å². The lowest BCUT2D eigenvalue weighted by Gasteiger charge is -2.32. The number of carbonyl (C=O) groups excluding carboxylic acids is 1. The van der Waals surface area contributed by atoms with Gasteiger partial charge in [-0.25, -0.2) is 0 Å². The summed E-state index contributed by atoms with van der Waals surface area (Å²) in [6, 6.07) is 9.46. The summed E-state index contributed by atoms with van der Waals surface area (Å²) in [5, 5.41) is 6.85. The van der Waals surface area contributed by atoms with Crippen molar-refractivity contribution in [3.63, 3.8) is 0 Å². The summed E-state index contributed by atoms with van der Waals surface area (Å²) in [6.07, 6.45) is 3.79. The first-order chi connectivity index (χ1) is 12.2. The highest BCUT2D eigenvalue weighted by Gasteiger charge is 2.19. The lowest BCUT2D eigenvalue weighted by molar-refractivity contribution is 0.0921. The average molecular weight is 343 g/mol. The van der Waals surface area contributed by atoms with E-state index in [-0.39, 0.29) is 5.91 Å². The molecule has 1 amide bonds. The summed E-state index contributed by atoms with van der Waals surface area (Å²) in [6.45, 7) is 4.98. The molecule has 25 heavy (non-hydrogen) atoms. The molecule has 1 aromatic heterocycles. The zero-order valence-corrected chi connectivity index (χ0v) is 14.8. The van der Waals surface area contributed by atoms with Gasteiger partial charge in [0, 0.05) is 24.2 Å². The Morgan fingerprint density at radius 3 is 2.88 bits per heavy atom. The predicted molar refractivity (Wildman–Crippen MR) is 95.7 cm³/mol. The number of piperidine rings is 1. The monoisotopic (exact) mass is 343 g/mol. The number of nitrogens with one attached hydrogen (secondary N) is 1. The zero-order valence-electron chi connectivity index (χ0n) is 14.8. The fourth-order valence-electron chi connectivity index (χ4n) is 3.11. The third kappa shape index (κ3) is 4.39. The molecule has 1 atom stereocenters. The molecular formula is C19H25N3O3. The van der Waals surface area contributed by atoms with E-state index in [2.05, 4.69) is 22.3 Å². The van der Waals surface area contributed by atoms with Crippen LogP contribution in [-0.2, 0) is 0 Å². The summed E-state index contributed by atoms with van der Waals surface area (Å²) in [5.74, 6) is 1.07. The van der Waals surface area contributed by atoms with Gasteiger partial charge in [-0.2, -0.15) is 0 Å². The third-order valence-electron chi connectivity index (χ3n) is 4.67. The minimum Gasteiger partial charge on any atom is -0.497 e. The first-order valence-corrected chi connectivity index (χ1v) is 8.81. The number of carbonyl (C=O) groups is 1. The van der Waals surface area contributed by atoms with Gasteiger partial charge in [0.05, 0.1) is 7.11 Å². The maximum absolute atomic E-state index is 12.3. The molecule has 1 saturated heterocycles. The lowest BCUT2D eigenvalue weighted by Crippen LogP contribution is -2.44. The Morgan fingerprint density at radius 1 is 1.32 bits per heavy atom. The number of rotatable bonds is 6. The van der Waals surface area contributed by atoms with Crippen molar-refractivity contribution in [1.82, 2.24) is 15.4 Å². The molecular weight excluding hydrogens is 318 g/mol. The van der Waals surface area contributed by atoms with Crippen molar-refractivity contribution >= 4 is 5.91 Å². The fraction of sp³-hybridized carbons (Fsp3) is 0.474. The van der Waals surface area contributed by atoms with Gasteiger partial charge in [-0.3, -0.25) is 9.69 Å². The molecule has 0 saturated carbocycles. The quantitative estimate of drug-likeness (QED) is 0.873. The van der Waals surface area contributed by atoms with Crippen LogP contribution >= 0.6 is 0 Å². The van der Waals surface area contributed by atoms with E-state index in [0.29, 0.717) is 24.0 Å². The highest BCUT2D eigenvalue weighted by molar-refractivity contribution is 5.93. The number of hydrogen-bond donors (Lipinski definition) is 1. The minimum atomic E-state index is -0.207. The molecule has 2 heterocycles. The molecule has 134 valence electrons. The van der Waals surface area contributed by atoms with Gasteiger partial charge in [0.1, 0.15) is 5.75 Å². The molecule has 3 rings (SSSR count). The van der Waals surface area contributed by atoms with E-state index in [1.165, 1.54) is 19.3 Å². The van der Waals surface area contributed by atoms with Gasteiger partial charge in [-0.15, -0.1) is 0 Å². The molecule has 1 aliphatic heterocycles. The van der Waals surface area contributed by atoms with Crippen LogP contribution in [0.5, 0.6) is 5.75 Å². The van der Waals surface area contributed by atoms with Crippen molar-refractivity contribution in [2.24, 2.45) is 0 Å². The van der Waals surface area contributed by atoms with Gasteiger partial charge >= 0.3 is 0 Å². The fourth-order valence-corrected chi connectivity index (χ4v) is 3.11. The topological polar surface area (TPSA) is 67.6 Å². The maximum Gasteiger partial charge on any atom is 0.273 e. The van der Waals surface area contributed by atoms with Gasteiger partial charge < -0.3 is 14.6 Å². The van der Waals surface area contributed by atoms with E-state index in [1.54, 1.807) is 13.2 Å². The number of amides is 1. The summed E-state index contributed by atoms with van der Waals surface area (Å²) < 4.78 is 10.5. The molecule has 1 aromatic carbocycles. The van der Waals surface area contributed by atoms with Crippen LogP contribution < -0.4 is 10.1 Å². The molecule has 1 aliphatic rings. The standard InChI is InChI=1S/C19H25N3O3/c1-14(22-9-4-3-5-10-22)13-20-19(23)17-12-18(25-21-17)15-7-6-8-16(11-15)24-2/h6-8,11-12,14H,3-5,9-10,13H2,1-2H3,(H,20,23). The largest absolute Gasteiger partial charge is 0.497 e. The van der Waals surface area contributed by atoms with Gasteiger partial charge in [-0.05, 0) is 45.0 Å². The van der Waals surface area contributed by atoms with E-state index in [0.717, 1.165) is 24.4 Å². The second-order valence-electron chi connectivity index (χ2n) is 6.46. The second-order valence-corrected chi connectivity index (χ2v) is 6.46. The Labute approximate surface area is 148 Å². The maximum atomic E-state index is 12.3. The molecule has 1 N–H and O–H groups in total. The second kappa shape index (κ2) is 8.16. The van der Waals surface area contributed by atoms with E-state index in [1.807, 2.05) is 24.3 Å². The summed E-state index contributed by atoms with van der Waals surface area (Å²) >= 11 is 0. The summed E-state index contributed by atoms with van der Waals surface area (Å²) in [7, 11) is 1.61. The highest BCUT2D eigenvalue weighted by atomic mass is 16.5. The first-order valence-electron chi connectivity index (χ1n) is 8.81. The first kappa shape index (κ1) is 17.5. The average Bonchev–Trinajstić information content (AvgIpc) is 3.17. The van der Waals surface area contributed by atoms with Crippen LogP contribution in [0.3, 0.4) is 0 Å². The van der Waals surface area contributed by atoms with Gasteiger partial charge in [0.2, 0.25) is 0 Å². The summed E-state index contributed by atoms with van der Waals surface area (Å²) in [5.41, 5.74) is 1.12. The Balaban J connectivity index is 1.58. The summed E-state index contributed by atoms with van der Waals surface area (Å²) in [4.78, 5) is 14.7. The van der Waals surface area contributed by atoms with Crippen molar-refractivity contribution in [3.8, 4) is 17.1 Å². The molecule has 0 bridgehead atoms. The van der Waals surface area contributed by atoms with E-state index < -0.39 is 0 Å². The number of nitrogens with zero attached hydrogens (tertiary/aromatic N) is 2. The number of hydrogen-bond acceptors (Lipinski definition) is 5. The van der Waals surface area contributed by atoms with Crippen LogP contribution in [0.4, 0.5) is 0 Å². The van der Waals surface area contributed by atoms with Crippen LogP contribution in [0.15, 0.2) is 34.9 Å². The molecule has 6 heteroatoms. The Hall–Kier alpha value is -2.34. The SMILES string of the molecule is COc1cccc(-c2cc(C(=O)NCC(C)N3CCCCC3)no2)c1. The van der Waals surface area contributed by atoms with E-state index >= 15 is 0 Å². The van der Waals surface area contributed by atoms with Gasteiger partial charge in [0.15, 0.2) is 11.5 Å². The number of likely N-dealkylation sites (tertiary alicyclic amines) is 1. The molecule has 2 aromatic rings. The van der Waals surface area contributed by atoms with E-state index in [9.17, 15) is 4.79 Å². The predicted octanol–water partition coefficient (Wildman–Crippen LogP) is 2.95. The third-order valence-corrected chi connectivity index (χ3v) is 4.67. The normalized spacial score (nSPS) is 16.4.